The van der Waals surface area contributed by atoms with Crippen molar-refractivity contribution in [3.05, 3.63) is 12.7 Å². The highest BCUT2D eigenvalue weighted by Gasteiger charge is 2.18. The Morgan fingerprint density at radius 2 is 2.41 bits per heavy atom. The average Bonchev–Trinajstić information content (AvgIpc) is 2.38. The van der Waals surface area contributed by atoms with E-state index in [0.717, 1.165) is 38.7 Å². The minimum atomic E-state index is -0.179. The zero-order valence-electron chi connectivity index (χ0n) is 10.5. The Labute approximate surface area is 103 Å². The number of hydrogen-bond donors (Lipinski definition) is 0. The van der Waals surface area contributed by atoms with Gasteiger partial charge >= 0.3 is 5.97 Å². The molecule has 17 heavy (non-hydrogen) atoms. The standard InChI is InChI=1S/C13H22O4/c1-3-11(7-6-8-12(14)15-2)17-13-9-4-5-10-16-13/h3,11,13H,1,4-10H2,2H3/t11-,13?/m1/s1. The van der Waals surface area contributed by atoms with Crippen LogP contribution in [0.25, 0.3) is 0 Å². The van der Waals surface area contributed by atoms with Gasteiger partial charge < -0.3 is 14.2 Å². The van der Waals surface area contributed by atoms with Gasteiger partial charge in [0.2, 0.25) is 0 Å². The fourth-order valence-electron chi connectivity index (χ4n) is 1.80. The summed E-state index contributed by atoms with van der Waals surface area (Å²) >= 11 is 0. The lowest BCUT2D eigenvalue weighted by Gasteiger charge is -2.26. The molecular formula is C13H22O4. The van der Waals surface area contributed by atoms with Crippen molar-refractivity contribution in [2.24, 2.45) is 0 Å². The van der Waals surface area contributed by atoms with E-state index in [4.69, 9.17) is 9.47 Å². The van der Waals surface area contributed by atoms with Crippen molar-refractivity contribution in [3.63, 3.8) is 0 Å². The molecule has 2 atom stereocenters. The highest BCUT2D eigenvalue weighted by molar-refractivity contribution is 5.68. The van der Waals surface area contributed by atoms with E-state index in [-0.39, 0.29) is 18.4 Å². The number of esters is 1. The number of rotatable bonds is 7. The molecule has 98 valence electrons. The molecule has 1 unspecified atom stereocenters. The molecular weight excluding hydrogens is 220 g/mol. The van der Waals surface area contributed by atoms with Crippen molar-refractivity contribution in [1.82, 2.24) is 0 Å². The maximum atomic E-state index is 11.0. The maximum absolute atomic E-state index is 11.0. The molecule has 0 aromatic carbocycles. The van der Waals surface area contributed by atoms with Gasteiger partial charge in [-0.25, -0.2) is 0 Å². The molecule has 4 nitrogen and oxygen atoms in total. The summed E-state index contributed by atoms with van der Waals surface area (Å²) in [5.41, 5.74) is 0. The van der Waals surface area contributed by atoms with Gasteiger partial charge in [-0.05, 0) is 32.1 Å². The first-order chi connectivity index (χ1) is 8.26. The Hall–Kier alpha value is -0.870. The first-order valence-electron chi connectivity index (χ1n) is 6.22. The zero-order valence-corrected chi connectivity index (χ0v) is 10.5. The van der Waals surface area contributed by atoms with Crippen LogP contribution in [0.15, 0.2) is 12.7 Å². The van der Waals surface area contributed by atoms with E-state index in [1.54, 1.807) is 6.08 Å². The molecule has 0 saturated carbocycles. The average molecular weight is 242 g/mol. The summed E-state index contributed by atoms with van der Waals surface area (Å²) in [5.74, 6) is -0.179. The van der Waals surface area contributed by atoms with E-state index < -0.39 is 0 Å². The van der Waals surface area contributed by atoms with Crippen LogP contribution in [0.5, 0.6) is 0 Å². The molecule has 1 fully saturated rings. The summed E-state index contributed by atoms with van der Waals surface area (Å²) in [6.45, 7) is 4.52. The summed E-state index contributed by atoms with van der Waals surface area (Å²) < 4.78 is 15.8. The number of carbonyl (C=O) groups is 1. The van der Waals surface area contributed by atoms with Crippen LogP contribution in [0.4, 0.5) is 0 Å². The number of hydrogen-bond acceptors (Lipinski definition) is 4. The van der Waals surface area contributed by atoms with Crippen LogP contribution < -0.4 is 0 Å². The van der Waals surface area contributed by atoms with Gasteiger partial charge in [-0.1, -0.05) is 6.08 Å². The lowest BCUT2D eigenvalue weighted by atomic mass is 10.1. The van der Waals surface area contributed by atoms with E-state index in [9.17, 15) is 4.79 Å². The third-order valence-electron chi connectivity index (χ3n) is 2.82. The molecule has 1 saturated heterocycles. The highest BCUT2D eigenvalue weighted by atomic mass is 16.7. The van der Waals surface area contributed by atoms with Crippen molar-refractivity contribution in [1.29, 1.82) is 0 Å². The van der Waals surface area contributed by atoms with Crippen molar-refractivity contribution >= 4 is 5.97 Å². The molecule has 1 heterocycles. The van der Waals surface area contributed by atoms with Crippen molar-refractivity contribution in [3.8, 4) is 0 Å². The normalized spacial score (nSPS) is 21.8. The Morgan fingerprint density at radius 3 is 3.00 bits per heavy atom. The second-order valence-corrected chi connectivity index (χ2v) is 4.17. The molecule has 1 aliphatic heterocycles. The van der Waals surface area contributed by atoms with E-state index in [2.05, 4.69) is 11.3 Å². The summed E-state index contributed by atoms with van der Waals surface area (Å²) in [7, 11) is 1.40. The van der Waals surface area contributed by atoms with Crippen LogP contribution >= 0.6 is 0 Å². The predicted octanol–water partition coefficient (Wildman–Crippen LogP) is 2.43. The third-order valence-corrected chi connectivity index (χ3v) is 2.82. The SMILES string of the molecule is C=C[C@H](CCCC(=O)OC)OC1CCCCO1. The summed E-state index contributed by atoms with van der Waals surface area (Å²) in [5, 5.41) is 0. The number of methoxy groups -OCH3 is 1. The molecule has 0 amide bonds. The molecule has 0 radical (unpaired) electrons. The second kappa shape index (κ2) is 8.25. The molecule has 1 rings (SSSR count). The Balaban J connectivity index is 2.18. The first kappa shape index (κ1) is 14.2. The molecule has 0 aromatic heterocycles. The van der Waals surface area contributed by atoms with Crippen LogP contribution in [0, 0.1) is 0 Å². The largest absolute Gasteiger partial charge is 0.469 e. The van der Waals surface area contributed by atoms with Crippen LogP contribution in [-0.2, 0) is 19.0 Å². The van der Waals surface area contributed by atoms with Gasteiger partial charge in [0.15, 0.2) is 6.29 Å². The van der Waals surface area contributed by atoms with E-state index >= 15 is 0 Å². The fraction of sp³-hybridized carbons (Fsp3) is 0.769. The van der Waals surface area contributed by atoms with Gasteiger partial charge in [-0.15, -0.1) is 6.58 Å². The maximum Gasteiger partial charge on any atom is 0.305 e. The van der Waals surface area contributed by atoms with Crippen LogP contribution in [-0.4, -0.2) is 32.1 Å². The van der Waals surface area contributed by atoms with Gasteiger partial charge in [0, 0.05) is 13.0 Å². The fourth-order valence-corrected chi connectivity index (χ4v) is 1.80. The summed E-state index contributed by atoms with van der Waals surface area (Å²) in [6.07, 6.45) is 6.78. The lowest BCUT2D eigenvalue weighted by Crippen LogP contribution is -2.27. The molecule has 0 spiro atoms. The van der Waals surface area contributed by atoms with E-state index in [0.29, 0.717) is 6.42 Å². The van der Waals surface area contributed by atoms with Gasteiger partial charge in [-0.3, -0.25) is 4.79 Å². The lowest BCUT2D eigenvalue weighted by molar-refractivity contribution is -0.179. The molecule has 0 aliphatic carbocycles. The summed E-state index contributed by atoms with van der Waals surface area (Å²) in [4.78, 5) is 11.0. The Bertz CT molecular complexity index is 234. The minimum absolute atomic E-state index is 0.0391. The molecule has 0 N–H and O–H groups in total. The third kappa shape index (κ3) is 5.84. The quantitative estimate of drug-likeness (QED) is 0.508. The van der Waals surface area contributed by atoms with Gasteiger partial charge in [0.1, 0.15) is 0 Å². The van der Waals surface area contributed by atoms with Gasteiger partial charge in [-0.2, -0.15) is 0 Å². The predicted molar refractivity (Wildman–Crippen MR) is 64.5 cm³/mol. The van der Waals surface area contributed by atoms with E-state index in [1.165, 1.54) is 7.11 Å². The molecule has 1 aliphatic rings. The van der Waals surface area contributed by atoms with Gasteiger partial charge in [0.05, 0.1) is 13.2 Å². The number of carbonyl (C=O) groups excluding carboxylic acids is 1. The highest BCUT2D eigenvalue weighted by Crippen LogP contribution is 2.18. The topological polar surface area (TPSA) is 44.8 Å². The number of ether oxygens (including phenoxy) is 3. The smallest absolute Gasteiger partial charge is 0.305 e. The first-order valence-corrected chi connectivity index (χ1v) is 6.22. The van der Waals surface area contributed by atoms with E-state index in [1.807, 2.05) is 0 Å². The zero-order chi connectivity index (χ0) is 12.5. The van der Waals surface area contributed by atoms with Crippen molar-refractivity contribution < 1.29 is 19.0 Å². The molecule has 0 bridgehead atoms. The second-order valence-electron chi connectivity index (χ2n) is 4.17. The van der Waals surface area contributed by atoms with Crippen molar-refractivity contribution in [2.45, 2.75) is 50.9 Å². The van der Waals surface area contributed by atoms with Gasteiger partial charge in [0.25, 0.3) is 0 Å². The molecule has 4 heteroatoms. The van der Waals surface area contributed by atoms with Crippen LogP contribution in [0.1, 0.15) is 38.5 Å². The Kier molecular flexibility index (Phi) is 6.89. The molecule has 0 aromatic rings. The van der Waals surface area contributed by atoms with Crippen LogP contribution in [0.2, 0.25) is 0 Å². The van der Waals surface area contributed by atoms with Crippen molar-refractivity contribution in [2.75, 3.05) is 13.7 Å². The Morgan fingerprint density at radius 1 is 1.59 bits per heavy atom. The monoisotopic (exact) mass is 242 g/mol. The minimum Gasteiger partial charge on any atom is -0.469 e. The van der Waals surface area contributed by atoms with Crippen LogP contribution in [0.3, 0.4) is 0 Å². The summed E-state index contributed by atoms with van der Waals surface area (Å²) in [6, 6.07) is 0.